The van der Waals surface area contributed by atoms with Crippen LogP contribution in [-0.2, 0) is 0 Å². The first-order valence-electron chi connectivity index (χ1n) is 6.77. The van der Waals surface area contributed by atoms with Gasteiger partial charge in [-0.15, -0.1) is 0 Å². The third-order valence-electron chi connectivity index (χ3n) is 3.35. The predicted octanol–water partition coefficient (Wildman–Crippen LogP) is 0.515. The van der Waals surface area contributed by atoms with Crippen LogP contribution in [0.3, 0.4) is 0 Å². The van der Waals surface area contributed by atoms with Crippen LogP contribution in [0.5, 0.6) is 0 Å². The third kappa shape index (κ3) is 4.42. The number of aliphatic hydroxyl groups is 1. The van der Waals surface area contributed by atoms with Crippen LogP contribution in [0.25, 0.3) is 0 Å². The van der Waals surface area contributed by atoms with Gasteiger partial charge in [-0.25, -0.2) is 0 Å². The lowest BCUT2D eigenvalue weighted by Gasteiger charge is -2.42. The van der Waals surface area contributed by atoms with Crippen molar-refractivity contribution in [1.29, 1.82) is 0 Å². The molecule has 0 spiro atoms. The molecule has 0 aliphatic heterocycles. The molecule has 110 valence electrons. The largest absolute Gasteiger partial charge is 0.388 e. The normalized spacial score (nSPS) is 22.4. The lowest BCUT2D eigenvalue weighted by atomic mass is 9.74. The maximum atomic E-state index is 10.8. The van der Waals surface area contributed by atoms with Gasteiger partial charge in [-0.05, 0) is 47.9 Å². The van der Waals surface area contributed by atoms with Crippen LogP contribution in [0.4, 0.5) is 0 Å². The zero-order valence-electron chi connectivity index (χ0n) is 13.2. The minimum absolute atomic E-state index is 0.229. The molecule has 4 nitrogen and oxygen atoms in total. The zero-order chi connectivity index (χ0) is 14.6. The maximum absolute atomic E-state index is 10.8. The summed E-state index contributed by atoms with van der Waals surface area (Å²) in [5, 5.41) is 10.8. The lowest BCUT2D eigenvalue weighted by Crippen LogP contribution is -2.51. The molecule has 4 heteroatoms. The highest BCUT2D eigenvalue weighted by molar-refractivity contribution is 5.30. The highest BCUT2D eigenvalue weighted by Gasteiger charge is 2.39. The molecule has 0 saturated heterocycles. The number of hydrogen-bond donors (Lipinski definition) is 1. The van der Waals surface area contributed by atoms with Crippen LogP contribution in [0.15, 0.2) is 23.8 Å². The van der Waals surface area contributed by atoms with Gasteiger partial charge in [0.1, 0.15) is 0 Å². The van der Waals surface area contributed by atoms with Crippen molar-refractivity contribution in [3.05, 3.63) is 23.8 Å². The quantitative estimate of drug-likeness (QED) is 0.760. The Morgan fingerprint density at radius 3 is 1.95 bits per heavy atom. The zero-order valence-corrected chi connectivity index (χ0v) is 13.2. The van der Waals surface area contributed by atoms with Gasteiger partial charge in [-0.1, -0.05) is 18.2 Å². The Morgan fingerprint density at radius 1 is 1.00 bits per heavy atom. The summed E-state index contributed by atoms with van der Waals surface area (Å²) in [6.45, 7) is 2.48. The fraction of sp³-hybridized carbons (Fsp3) is 0.733. The Labute approximate surface area is 118 Å². The Balaban J connectivity index is 2.98. The second-order valence-electron chi connectivity index (χ2n) is 6.45. The molecule has 0 aromatic carbocycles. The van der Waals surface area contributed by atoms with E-state index >= 15 is 0 Å². The molecule has 0 amide bonds. The van der Waals surface area contributed by atoms with Crippen molar-refractivity contribution in [2.45, 2.75) is 6.10 Å². The number of allylic oxidation sites excluding steroid dienone is 2. The fourth-order valence-corrected chi connectivity index (χ4v) is 2.93. The summed E-state index contributed by atoms with van der Waals surface area (Å²) in [6, 6.07) is 0. The van der Waals surface area contributed by atoms with Gasteiger partial charge in [0.2, 0.25) is 0 Å². The monoisotopic (exact) mass is 267 g/mol. The van der Waals surface area contributed by atoms with E-state index in [1.807, 2.05) is 20.2 Å². The molecular weight excluding hydrogens is 238 g/mol. The molecule has 1 aliphatic carbocycles. The third-order valence-corrected chi connectivity index (χ3v) is 3.35. The average molecular weight is 267 g/mol. The van der Waals surface area contributed by atoms with Crippen molar-refractivity contribution in [2.24, 2.45) is 5.41 Å². The molecule has 0 bridgehead atoms. The van der Waals surface area contributed by atoms with Gasteiger partial charge in [0.05, 0.1) is 6.10 Å². The minimum atomic E-state index is -0.426. The van der Waals surface area contributed by atoms with Crippen LogP contribution >= 0.6 is 0 Å². The average Bonchev–Trinajstić information content (AvgIpc) is 2.22. The number of hydrogen-bond acceptors (Lipinski definition) is 4. The lowest BCUT2D eigenvalue weighted by molar-refractivity contribution is 0.0414. The van der Waals surface area contributed by atoms with E-state index in [2.05, 4.69) is 55.0 Å². The summed E-state index contributed by atoms with van der Waals surface area (Å²) in [4.78, 5) is 6.40. The van der Waals surface area contributed by atoms with E-state index in [1.165, 1.54) is 0 Å². The van der Waals surface area contributed by atoms with Gasteiger partial charge in [-0.2, -0.15) is 0 Å². The summed E-state index contributed by atoms with van der Waals surface area (Å²) in [5.74, 6) is 0. The Bertz CT molecular complexity index is 335. The van der Waals surface area contributed by atoms with Gasteiger partial charge in [0.25, 0.3) is 0 Å². The number of rotatable bonds is 6. The molecule has 1 aliphatic rings. The van der Waals surface area contributed by atoms with Crippen LogP contribution in [0.1, 0.15) is 0 Å². The van der Waals surface area contributed by atoms with Crippen LogP contribution in [0.2, 0.25) is 0 Å². The first-order chi connectivity index (χ1) is 8.77. The molecule has 1 N–H and O–H groups in total. The van der Waals surface area contributed by atoms with Gasteiger partial charge in [0, 0.05) is 25.0 Å². The van der Waals surface area contributed by atoms with Crippen LogP contribution in [0, 0.1) is 5.41 Å². The molecule has 0 fully saturated rings. The second-order valence-corrected chi connectivity index (χ2v) is 6.45. The fourth-order valence-electron chi connectivity index (χ4n) is 2.93. The Morgan fingerprint density at radius 2 is 1.53 bits per heavy atom. The minimum Gasteiger partial charge on any atom is -0.388 e. The topological polar surface area (TPSA) is 30.0 Å². The van der Waals surface area contributed by atoms with Crippen molar-refractivity contribution >= 4 is 0 Å². The number of aliphatic hydroxyl groups excluding tert-OH is 1. The predicted molar refractivity (Wildman–Crippen MR) is 81.3 cm³/mol. The van der Waals surface area contributed by atoms with Gasteiger partial charge < -0.3 is 19.8 Å². The molecule has 0 saturated carbocycles. The molecule has 0 aromatic heterocycles. The molecule has 19 heavy (non-hydrogen) atoms. The molecule has 1 atom stereocenters. The summed E-state index contributed by atoms with van der Waals surface area (Å²) in [6.07, 6.45) is 5.88. The van der Waals surface area contributed by atoms with E-state index < -0.39 is 6.10 Å². The highest BCUT2D eigenvalue weighted by atomic mass is 16.3. The SMILES string of the molecule is CN(C)CC1=CC=CC(CN(C)C)(CN(C)C)C1O. The number of nitrogens with zero attached hydrogens (tertiary/aromatic N) is 3. The Hall–Kier alpha value is -0.680. The van der Waals surface area contributed by atoms with Crippen molar-refractivity contribution in [3.8, 4) is 0 Å². The Kier molecular flexibility index (Phi) is 5.74. The van der Waals surface area contributed by atoms with Gasteiger partial charge >= 0.3 is 0 Å². The second kappa shape index (κ2) is 6.66. The van der Waals surface area contributed by atoms with E-state index in [9.17, 15) is 5.11 Å². The van der Waals surface area contributed by atoms with Crippen molar-refractivity contribution in [3.63, 3.8) is 0 Å². The smallest absolute Gasteiger partial charge is 0.0881 e. The van der Waals surface area contributed by atoms with Gasteiger partial charge in [0.15, 0.2) is 0 Å². The first-order valence-corrected chi connectivity index (χ1v) is 6.77. The summed E-state index contributed by atoms with van der Waals surface area (Å²) >= 11 is 0. The summed E-state index contributed by atoms with van der Waals surface area (Å²) < 4.78 is 0. The molecule has 0 heterocycles. The standard InChI is InChI=1S/C15H29N3O/c1-16(2)10-13-8-7-9-15(14(13)19,11-17(3)4)12-18(5)6/h7-9,14,19H,10-12H2,1-6H3. The van der Waals surface area contributed by atoms with Crippen molar-refractivity contribution < 1.29 is 5.11 Å². The maximum Gasteiger partial charge on any atom is 0.0881 e. The molecule has 0 radical (unpaired) electrons. The van der Waals surface area contributed by atoms with Crippen LogP contribution in [-0.4, -0.2) is 87.8 Å². The van der Waals surface area contributed by atoms with E-state index in [-0.39, 0.29) is 5.41 Å². The highest BCUT2D eigenvalue weighted by Crippen LogP contribution is 2.33. The van der Waals surface area contributed by atoms with Gasteiger partial charge in [-0.3, -0.25) is 0 Å². The van der Waals surface area contributed by atoms with E-state index in [0.717, 1.165) is 25.2 Å². The molecule has 0 aromatic rings. The van der Waals surface area contributed by atoms with E-state index in [4.69, 9.17) is 0 Å². The molecule has 1 unspecified atom stereocenters. The molecular formula is C15H29N3O. The first kappa shape index (κ1) is 16.4. The van der Waals surface area contributed by atoms with Crippen molar-refractivity contribution in [2.75, 3.05) is 61.9 Å². The number of likely N-dealkylation sites (N-methyl/N-ethyl adjacent to an activating group) is 1. The summed E-state index contributed by atoms with van der Waals surface area (Å²) in [7, 11) is 12.3. The van der Waals surface area contributed by atoms with E-state index in [1.54, 1.807) is 0 Å². The van der Waals surface area contributed by atoms with E-state index in [0.29, 0.717) is 0 Å². The summed E-state index contributed by atoms with van der Waals surface area (Å²) in [5.41, 5.74) is 0.865. The van der Waals surface area contributed by atoms with Crippen molar-refractivity contribution in [1.82, 2.24) is 14.7 Å². The molecule has 1 rings (SSSR count). The van der Waals surface area contributed by atoms with Crippen LogP contribution < -0.4 is 0 Å².